The van der Waals surface area contributed by atoms with Crippen molar-refractivity contribution in [1.82, 2.24) is 10.2 Å². The molecule has 0 radical (unpaired) electrons. The Balaban J connectivity index is 2.33. The van der Waals surface area contributed by atoms with Crippen LogP contribution >= 0.6 is 0 Å². The second-order valence-corrected chi connectivity index (χ2v) is 4.64. The first-order valence-electron chi connectivity index (χ1n) is 5.98. The minimum atomic E-state index is -0.0737. The molecular formula is C15H10N2O2. The van der Waals surface area contributed by atoms with Gasteiger partial charge in [-0.1, -0.05) is 6.07 Å². The Bertz CT molecular complexity index is 995. The van der Waals surface area contributed by atoms with Gasteiger partial charge in [0.2, 0.25) is 0 Å². The number of fused-ring (bicyclic) bond motifs is 4. The van der Waals surface area contributed by atoms with E-state index in [1.54, 1.807) is 0 Å². The lowest BCUT2D eigenvalue weighted by Crippen LogP contribution is -1.98. The molecule has 4 aromatic rings. The number of H-pyrrole nitrogens is 2. The van der Waals surface area contributed by atoms with Crippen LogP contribution < -0.4 is 5.43 Å². The van der Waals surface area contributed by atoms with Crippen molar-refractivity contribution in [1.29, 1.82) is 0 Å². The lowest BCUT2D eigenvalue weighted by Gasteiger charge is -2.04. The molecule has 0 saturated carbocycles. The van der Waals surface area contributed by atoms with Gasteiger partial charge in [-0.05, 0) is 41.1 Å². The van der Waals surface area contributed by atoms with Gasteiger partial charge in [-0.25, -0.2) is 0 Å². The van der Waals surface area contributed by atoms with E-state index in [1.807, 2.05) is 30.5 Å². The summed E-state index contributed by atoms with van der Waals surface area (Å²) in [4.78, 5) is 11.9. The average molecular weight is 250 g/mol. The van der Waals surface area contributed by atoms with Crippen LogP contribution in [0.4, 0.5) is 0 Å². The largest absolute Gasteiger partial charge is 0.507 e. The number of phenols is 1. The van der Waals surface area contributed by atoms with Crippen LogP contribution in [-0.4, -0.2) is 15.3 Å². The lowest BCUT2D eigenvalue weighted by atomic mass is 10.0. The van der Waals surface area contributed by atoms with Gasteiger partial charge in [0, 0.05) is 22.4 Å². The molecule has 3 aromatic carbocycles. The summed E-state index contributed by atoms with van der Waals surface area (Å²) >= 11 is 0. The lowest BCUT2D eigenvalue weighted by molar-refractivity contribution is 0.481. The smallest absolute Gasteiger partial charge is 0.186 e. The van der Waals surface area contributed by atoms with Gasteiger partial charge in [0.05, 0.1) is 5.52 Å². The molecule has 0 aliphatic carbocycles. The summed E-state index contributed by atoms with van der Waals surface area (Å²) in [5.41, 5.74) is 0.917. The Hall–Kier alpha value is -2.75. The number of rotatable bonds is 0. The highest BCUT2D eigenvalue weighted by atomic mass is 16.3. The number of aromatic nitrogens is 2. The summed E-state index contributed by atoms with van der Waals surface area (Å²) in [6.45, 7) is 0. The Morgan fingerprint density at radius 1 is 0.895 bits per heavy atom. The molecule has 4 nitrogen and oxygen atoms in total. The van der Waals surface area contributed by atoms with Crippen LogP contribution in [0.25, 0.3) is 32.4 Å². The molecule has 1 aromatic heterocycles. The van der Waals surface area contributed by atoms with Gasteiger partial charge in [-0.15, -0.1) is 0 Å². The highest BCUT2D eigenvalue weighted by Gasteiger charge is 2.08. The van der Waals surface area contributed by atoms with Crippen LogP contribution in [0.5, 0.6) is 5.75 Å². The Labute approximate surface area is 107 Å². The van der Waals surface area contributed by atoms with E-state index in [9.17, 15) is 9.90 Å². The summed E-state index contributed by atoms with van der Waals surface area (Å²) in [6, 6.07) is 10.5. The van der Waals surface area contributed by atoms with Gasteiger partial charge < -0.3 is 15.3 Å². The molecule has 0 fully saturated rings. The number of hydrogen-bond donors (Lipinski definition) is 3. The molecule has 92 valence electrons. The van der Waals surface area contributed by atoms with Crippen LogP contribution in [0.15, 0.2) is 47.4 Å². The zero-order chi connectivity index (χ0) is 13.0. The van der Waals surface area contributed by atoms with Crippen molar-refractivity contribution in [2.24, 2.45) is 0 Å². The molecule has 3 N–H and O–H groups in total. The molecule has 0 saturated heterocycles. The van der Waals surface area contributed by atoms with Gasteiger partial charge in [0.25, 0.3) is 0 Å². The van der Waals surface area contributed by atoms with E-state index in [4.69, 9.17) is 0 Å². The number of phenolic OH excluding ortho intramolecular Hbond substituents is 1. The van der Waals surface area contributed by atoms with Gasteiger partial charge in [-0.3, -0.25) is 4.79 Å². The van der Waals surface area contributed by atoms with E-state index in [0.29, 0.717) is 10.8 Å². The van der Waals surface area contributed by atoms with Gasteiger partial charge in [-0.2, -0.15) is 0 Å². The fraction of sp³-hybridized carbons (Fsp3) is 0. The number of aromatic hydroxyl groups is 1. The van der Waals surface area contributed by atoms with Crippen LogP contribution in [0.2, 0.25) is 0 Å². The average Bonchev–Trinajstić information content (AvgIpc) is 2.90. The Kier molecular flexibility index (Phi) is 1.82. The summed E-state index contributed by atoms with van der Waals surface area (Å²) in [7, 11) is 0. The maximum absolute atomic E-state index is 11.9. The molecule has 0 aliphatic heterocycles. The van der Waals surface area contributed by atoms with E-state index in [1.165, 1.54) is 12.1 Å². The summed E-state index contributed by atoms with van der Waals surface area (Å²) in [5.74, 6) is 0.132. The molecule has 0 aliphatic rings. The maximum Gasteiger partial charge on any atom is 0.186 e. The first-order chi connectivity index (χ1) is 9.24. The fourth-order valence-corrected chi connectivity index (χ4v) is 2.60. The minimum Gasteiger partial charge on any atom is -0.507 e. The van der Waals surface area contributed by atoms with Gasteiger partial charge in [0.1, 0.15) is 5.75 Å². The normalized spacial score (nSPS) is 11.6. The van der Waals surface area contributed by atoms with E-state index in [0.717, 1.165) is 21.7 Å². The van der Waals surface area contributed by atoms with Crippen molar-refractivity contribution < 1.29 is 5.11 Å². The monoisotopic (exact) mass is 250 g/mol. The van der Waals surface area contributed by atoms with Crippen molar-refractivity contribution in [2.45, 2.75) is 0 Å². The fourth-order valence-electron chi connectivity index (χ4n) is 2.60. The molecule has 4 rings (SSSR count). The zero-order valence-electron chi connectivity index (χ0n) is 9.90. The van der Waals surface area contributed by atoms with Crippen LogP contribution in [0.3, 0.4) is 0 Å². The molecule has 0 bridgehead atoms. The van der Waals surface area contributed by atoms with E-state index in [-0.39, 0.29) is 11.2 Å². The number of benzene rings is 3. The topological polar surface area (TPSA) is 68.9 Å². The van der Waals surface area contributed by atoms with E-state index < -0.39 is 0 Å². The Morgan fingerprint density at radius 2 is 1.79 bits per heavy atom. The molecule has 4 heteroatoms. The summed E-state index contributed by atoms with van der Waals surface area (Å²) in [6.07, 6.45) is 1.88. The molecule has 0 atom stereocenters. The van der Waals surface area contributed by atoms with Crippen molar-refractivity contribution in [3.05, 3.63) is 52.8 Å². The van der Waals surface area contributed by atoms with E-state index >= 15 is 0 Å². The molecular weight excluding hydrogens is 240 g/mol. The third-order valence-corrected chi connectivity index (χ3v) is 3.56. The Morgan fingerprint density at radius 3 is 2.68 bits per heavy atom. The van der Waals surface area contributed by atoms with Crippen molar-refractivity contribution >= 4 is 32.4 Å². The predicted octanol–water partition coefficient (Wildman–Crippen LogP) is 2.87. The van der Waals surface area contributed by atoms with Gasteiger partial charge in [0.15, 0.2) is 5.43 Å². The molecule has 1 heterocycles. The van der Waals surface area contributed by atoms with Crippen LogP contribution in [-0.2, 0) is 0 Å². The SMILES string of the molecule is O=c1ccc(O)c2cc3c(ccc4[nH][nH]cc43)cc12. The van der Waals surface area contributed by atoms with Crippen molar-refractivity contribution in [3.63, 3.8) is 0 Å². The molecule has 0 unspecified atom stereocenters. The number of nitrogens with one attached hydrogen (secondary N) is 2. The molecule has 0 amide bonds. The third-order valence-electron chi connectivity index (χ3n) is 3.56. The van der Waals surface area contributed by atoms with Crippen LogP contribution in [0, 0.1) is 0 Å². The second kappa shape index (κ2) is 3.38. The molecule has 19 heavy (non-hydrogen) atoms. The standard InChI is InChI=1S/C15H10N2O2/c18-14-3-4-15(19)11-6-9-8(5-10(11)14)1-2-13-12(9)7-16-17-13/h1-7,16-17,19H. The van der Waals surface area contributed by atoms with Crippen molar-refractivity contribution in [3.8, 4) is 5.75 Å². The molecule has 0 spiro atoms. The predicted molar refractivity (Wildman–Crippen MR) is 75.6 cm³/mol. The zero-order valence-corrected chi connectivity index (χ0v) is 9.90. The number of hydrogen-bond acceptors (Lipinski definition) is 2. The maximum atomic E-state index is 11.9. The minimum absolute atomic E-state index is 0.0737. The summed E-state index contributed by atoms with van der Waals surface area (Å²) < 4.78 is 0. The van der Waals surface area contributed by atoms with E-state index in [2.05, 4.69) is 10.2 Å². The van der Waals surface area contributed by atoms with Crippen molar-refractivity contribution in [2.75, 3.05) is 0 Å². The summed E-state index contributed by atoms with van der Waals surface area (Å²) in [5, 5.41) is 20.1. The quantitative estimate of drug-likeness (QED) is 0.420. The third kappa shape index (κ3) is 1.31. The van der Waals surface area contributed by atoms with Crippen LogP contribution in [0.1, 0.15) is 0 Å². The number of aromatic amines is 2. The second-order valence-electron chi connectivity index (χ2n) is 4.64. The highest BCUT2D eigenvalue weighted by Crippen LogP contribution is 2.30. The van der Waals surface area contributed by atoms with Gasteiger partial charge >= 0.3 is 0 Å². The highest BCUT2D eigenvalue weighted by molar-refractivity contribution is 6.11. The first-order valence-corrected chi connectivity index (χ1v) is 5.98. The first kappa shape index (κ1) is 10.2.